The Balaban J connectivity index is 1.52. The first-order chi connectivity index (χ1) is 13.2. The van der Waals surface area contributed by atoms with Gasteiger partial charge in [0.05, 0.1) is 12.2 Å². The number of hydrogen-bond acceptors (Lipinski definition) is 4. The van der Waals surface area contributed by atoms with E-state index in [1.807, 2.05) is 59.4 Å². The lowest BCUT2D eigenvalue weighted by Gasteiger charge is -2.08. The van der Waals surface area contributed by atoms with Gasteiger partial charge in [0.2, 0.25) is 5.91 Å². The van der Waals surface area contributed by atoms with Crippen LogP contribution in [0.1, 0.15) is 30.5 Å². The number of carbonyl (C=O) groups is 1. The predicted molar refractivity (Wildman–Crippen MR) is 105 cm³/mol. The Bertz CT molecular complexity index is 861. The molecule has 0 spiro atoms. The molecule has 3 aromatic rings. The summed E-state index contributed by atoms with van der Waals surface area (Å²) in [4.78, 5) is 11.0. The fourth-order valence-corrected chi connectivity index (χ4v) is 2.90. The summed E-state index contributed by atoms with van der Waals surface area (Å²) in [6, 6.07) is 20.4. The predicted octanol–water partition coefficient (Wildman–Crippen LogP) is 3.89. The molecule has 2 aromatic carbocycles. The summed E-state index contributed by atoms with van der Waals surface area (Å²) in [6.45, 7) is 0.706. The van der Waals surface area contributed by atoms with Gasteiger partial charge in [-0.25, -0.2) is 5.48 Å². The minimum atomic E-state index is -0.343. The number of rotatable bonds is 9. The van der Waals surface area contributed by atoms with Crippen molar-refractivity contribution in [3.8, 4) is 0 Å². The molecule has 0 saturated heterocycles. The summed E-state index contributed by atoms with van der Waals surface area (Å²) < 4.78 is 1.93. The molecular formula is C21H24N4O2. The van der Waals surface area contributed by atoms with Crippen LogP contribution in [0.2, 0.25) is 0 Å². The van der Waals surface area contributed by atoms with E-state index in [-0.39, 0.29) is 5.91 Å². The molecule has 0 fully saturated rings. The van der Waals surface area contributed by atoms with E-state index in [2.05, 4.69) is 22.5 Å². The monoisotopic (exact) mass is 364 g/mol. The lowest BCUT2D eigenvalue weighted by molar-refractivity contribution is -0.129. The Morgan fingerprint density at radius 2 is 1.81 bits per heavy atom. The molecule has 27 heavy (non-hydrogen) atoms. The van der Waals surface area contributed by atoms with E-state index in [0.29, 0.717) is 13.0 Å². The Kier molecular flexibility index (Phi) is 6.60. The number of benzene rings is 2. The van der Waals surface area contributed by atoms with Gasteiger partial charge in [-0.1, -0.05) is 30.3 Å². The zero-order valence-electron chi connectivity index (χ0n) is 15.1. The van der Waals surface area contributed by atoms with Gasteiger partial charge < -0.3 is 5.32 Å². The number of para-hydroxylation sites is 1. The SMILES string of the molecule is O=C(CCCCc1ccn(Cc2cccc(Nc3ccccc3)c2)n1)NO. The maximum atomic E-state index is 11.0. The molecular weight excluding hydrogens is 340 g/mol. The molecule has 0 aliphatic rings. The van der Waals surface area contributed by atoms with Crippen LogP contribution in [0.4, 0.5) is 11.4 Å². The van der Waals surface area contributed by atoms with Crippen LogP contribution in [0.25, 0.3) is 0 Å². The molecule has 0 unspecified atom stereocenters. The second-order valence-corrected chi connectivity index (χ2v) is 6.44. The quantitative estimate of drug-likeness (QED) is 0.306. The van der Waals surface area contributed by atoms with E-state index in [4.69, 9.17) is 5.21 Å². The molecule has 6 heteroatoms. The van der Waals surface area contributed by atoms with E-state index in [0.717, 1.165) is 36.3 Å². The summed E-state index contributed by atoms with van der Waals surface area (Å²) in [5.41, 5.74) is 5.94. The molecule has 140 valence electrons. The van der Waals surface area contributed by atoms with Crippen molar-refractivity contribution in [1.82, 2.24) is 15.3 Å². The number of hydrogen-bond donors (Lipinski definition) is 3. The Morgan fingerprint density at radius 3 is 2.63 bits per heavy atom. The van der Waals surface area contributed by atoms with Crippen molar-refractivity contribution in [1.29, 1.82) is 0 Å². The topological polar surface area (TPSA) is 79.2 Å². The van der Waals surface area contributed by atoms with Crippen molar-refractivity contribution in [2.75, 3.05) is 5.32 Å². The average Bonchev–Trinajstić information content (AvgIpc) is 3.13. The van der Waals surface area contributed by atoms with Crippen LogP contribution < -0.4 is 10.8 Å². The molecule has 3 rings (SSSR count). The molecule has 0 atom stereocenters. The molecule has 1 amide bonds. The third-order valence-corrected chi connectivity index (χ3v) is 4.24. The minimum absolute atomic E-state index is 0.332. The van der Waals surface area contributed by atoms with Crippen molar-refractivity contribution in [3.05, 3.63) is 78.1 Å². The maximum absolute atomic E-state index is 11.0. The number of amides is 1. The van der Waals surface area contributed by atoms with Crippen molar-refractivity contribution in [2.24, 2.45) is 0 Å². The van der Waals surface area contributed by atoms with Crippen molar-refractivity contribution in [2.45, 2.75) is 32.2 Å². The van der Waals surface area contributed by atoms with Crippen LogP contribution in [0.15, 0.2) is 66.9 Å². The number of aryl methyl sites for hydroxylation is 1. The van der Waals surface area contributed by atoms with Gasteiger partial charge in [-0.15, -0.1) is 0 Å². The van der Waals surface area contributed by atoms with Gasteiger partial charge in [-0.05, 0) is 55.2 Å². The molecule has 6 nitrogen and oxygen atoms in total. The van der Waals surface area contributed by atoms with E-state index in [1.54, 1.807) is 5.48 Å². The van der Waals surface area contributed by atoms with Crippen LogP contribution >= 0.6 is 0 Å². The molecule has 1 heterocycles. The first-order valence-electron chi connectivity index (χ1n) is 9.09. The summed E-state index contributed by atoms with van der Waals surface area (Å²) in [7, 11) is 0. The summed E-state index contributed by atoms with van der Waals surface area (Å²) in [6.07, 6.45) is 4.72. The lowest BCUT2D eigenvalue weighted by atomic mass is 10.1. The second kappa shape index (κ2) is 9.54. The van der Waals surface area contributed by atoms with Crippen molar-refractivity contribution < 1.29 is 10.0 Å². The number of anilines is 2. The summed E-state index contributed by atoms with van der Waals surface area (Å²) in [5, 5.41) is 16.5. The standard InChI is InChI=1S/C21H24N4O2/c26-21(24-27)12-5-4-10-19-13-14-25(23-19)16-17-7-6-11-20(15-17)22-18-8-2-1-3-9-18/h1-3,6-9,11,13-15,22,27H,4-5,10,12,16H2,(H,24,26). The third-order valence-electron chi connectivity index (χ3n) is 4.24. The van der Waals surface area contributed by atoms with Crippen LogP contribution in [0.3, 0.4) is 0 Å². The Labute approximate surface area is 158 Å². The average molecular weight is 364 g/mol. The normalized spacial score (nSPS) is 10.6. The van der Waals surface area contributed by atoms with Crippen molar-refractivity contribution >= 4 is 17.3 Å². The molecule has 1 aromatic heterocycles. The highest BCUT2D eigenvalue weighted by molar-refractivity contribution is 5.74. The van der Waals surface area contributed by atoms with Gasteiger partial charge in [-0.2, -0.15) is 5.10 Å². The number of hydroxylamine groups is 1. The minimum Gasteiger partial charge on any atom is -0.356 e. The van der Waals surface area contributed by atoms with E-state index in [9.17, 15) is 4.79 Å². The van der Waals surface area contributed by atoms with Crippen LogP contribution in [0, 0.1) is 0 Å². The zero-order chi connectivity index (χ0) is 18.9. The van der Waals surface area contributed by atoms with Gasteiger partial charge in [-0.3, -0.25) is 14.7 Å². The van der Waals surface area contributed by atoms with Crippen LogP contribution in [0.5, 0.6) is 0 Å². The lowest BCUT2D eigenvalue weighted by Crippen LogP contribution is -2.17. The number of carbonyl (C=O) groups excluding carboxylic acids is 1. The molecule has 0 aliphatic heterocycles. The molecule has 0 radical (unpaired) electrons. The van der Waals surface area contributed by atoms with Crippen LogP contribution in [-0.2, 0) is 17.8 Å². The van der Waals surface area contributed by atoms with E-state index < -0.39 is 0 Å². The number of aromatic nitrogens is 2. The molecule has 3 N–H and O–H groups in total. The smallest absolute Gasteiger partial charge is 0.243 e. The number of unbranched alkanes of at least 4 members (excludes halogenated alkanes) is 1. The number of nitrogens with one attached hydrogen (secondary N) is 2. The fraction of sp³-hybridized carbons (Fsp3) is 0.238. The molecule has 0 bridgehead atoms. The maximum Gasteiger partial charge on any atom is 0.243 e. The van der Waals surface area contributed by atoms with E-state index in [1.165, 1.54) is 5.56 Å². The van der Waals surface area contributed by atoms with Gasteiger partial charge >= 0.3 is 0 Å². The highest BCUT2D eigenvalue weighted by atomic mass is 16.5. The first-order valence-corrected chi connectivity index (χ1v) is 9.09. The molecule has 0 saturated carbocycles. The highest BCUT2D eigenvalue weighted by Crippen LogP contribution is 2.18. The van der Waals surface area contributed by atoms with Gasteiger partial charge in [0.1, 0.15) is 0 Å². The first kappa shape index (κ1) is 18.7. The highest BCUT2D eigenvalue weighted by Gasteiger charge is 2.03. The fourth-order valence-electron chi connectivity index (χ4n) is 2.90. The largest absolute Gasteiger partial charge is 0.356 e. The van der Waals surface area contributed by atoms with Gasteiger partial charge in [0.15, 0.2) is 0 Å². The second-order valence-electron chi connectivity index (χ2n) is 6.44. The van der Waals surface area contributed by atoms with E-state index >= 15 is 0 Å². The summed E-state index contributed by atoms with van der Waals surface area (Å²) >= 11 is 0. The van der Waals surface area contributed by atoms with Gasteiger partial charge in [0.25, 0.3) is 0 Å². The zero-order valence-corrected chi connectivity index (χ0v) is 15.1. The van der Waals surface area contributed by atoms with Crippen LogP contribution in [-0.4, -0.2) is 20.9 Å². The summed E-state index contributed by atoms with van der Waals surface area (Å²) in [5.74, 6) is -0.343. The Morgan fingerprint density at radius 1 is 1.00 bits per heavy atom. The van der Waals surface area contributed by atoms with Crippen molar-refractivity contribution in [3.63, 3.8) is 0 Å². The third kappa shape index (κ3) is 5.97. The Hall–Kier alpha value is -3.12. The van der Waals surface area contributed by atoms with Gasteiger partial charge in [0, 0.05) is 24.0 Å². The molecule has 0 aliphatic carbocycles. The number of nitrogens with zero attached hydrogens (tertiary/aromatic N) is 2.